The fraction of sp³-hybridized carbons (Fsp3) is 0.765. The maximum Gasteiger partial charge on any atom is 0.0338 e. The predicted molar refractivity (Wildman–Crippen MR) is 85.1 cm³/mol. The number of thiophene rings is 1. The first kappa shape index (κ1) is 13.3. The lowest BCUT2D eigenvalue weighted by atomic mass is 9.84. The summed E-state index contributed by atoms with van der Waals surface area (Å²) in [6.45, 7) is 3.69. The van der Waals surface area contributed by atoms with Gasteiger partial charge < -0.3 is 5.32 Å². The molecule has 110 valence electrons. The Morgan fingerprint density at radius 3 is 2.55 bits per heavy atom. The summed E-state index contributed by atoms with van der Waals surface area (Å²) in [6, 6.07) is 2.32. The van der Waals surface area contributed by atoms with E-state index in [1.165, 1.54) is 76.6 Å². The highest BCUT2D eigenvalue weighted by atomic mass is 32.1. The van der Waals surface area contributed by atoms with E-state index in [0.29, 0.717) is 11.1 Å². The summed E-state index contributed by atoms with van der Waals surface area (Å²) in [6.07, 6.45) is 11.3. The van der Waals surface area contributed by atoms with Crippen LogP contribution < -0.4 is 5.32 Å². The van der Waals surface area contributed by atoms with Crippen LogP contribution in [0.4, 0.5) is 0 Å². The van der Waals surface area contributed by atoms with Crippen molar-refractivity contribution in [2.45, 2.75) is 69.0 Å². The van der Waals surface area contributed by atoms with E-state index in [1.807, 2.05) is 11.3 Å². The van der Waals surface area contributed by atoms with Crippen LogP contribution in [0.3, 0.4) is 0 Å². The first-order chi connectivity index (χ1) is 9.80. The van der Waals surface area contributed by atoms with Gasteiger partial charge in [0, 0.05) is 30.7 Å². The summed E-state index contributed by atoms with van der Waals surface area (Å²) in [5.74, 6) is 0. The van der Waals surface area contributed by atoms with E-state index in [2.05, 4.69) is 27.0 Å². The summed E-state index contributed by atoms with van der Waals surface area (Å²) in [4.78, 5) is 2.86. The molecule has 0 atom stereocenters. The molecule has 20 heavy (non-hydrogen) atoms. The first-order valence-electron chi connectivity index (χ1n) is 8.32. The molecule has 0 aromatic carbocycles. The number of piperazine rings is 1. The van der Waals surface area contributed by atoms with Gasteiger partial charge in [0.25, 0.3) is 0 Å². The van der Waals surface area contributed by atoms with Crippen LogP contribution in [-0.4, -0.2) is 29.1 Å². The molecule has 0 unspecified atom stereocenters. The first-order valence-corrected chi connectivity index (χ1v) is 9.26. The fourth-order valence-electron chi connectivity index (χ4n) is 4.79. The minimum atomic E-state index is 0.448. The molecule has 3 fully saturated rings. The van der Waals surface area contributed by atoms with Crippen LogP contribution in [0.5, 0.6) is 0 Å². The van der Waals surface area contributed by atoms with Gasteiger partial charge in [-0.2, -0.15) is 11.3 Å². The molecule has 1 aromatic rings. The molecule has 2 saturated carbocycles. The second-order valence-corrected chi connectivity index (χ2v) is 8.04. The summed E-state index contributed by atoms with van der Waals surface area (Å²) < 4.78 is 0. The lowest BCUT2D eigenvalue weighted by Crippen LogP contribution is -2.68. The standard InChI is InChI=1S/C17H26N2S/c1-2-7-16(6-1)14-19(11-15-5-10-20-12-15)17(13-18-16)8-3-4-9-17/h5,10,12,18H,1-4,6-9,11,13-14H2. The lowest BCUT2D eigenvalue weighted by molar-refractivity contribution is 0.00284. The molecule has 2 heterocycles. The Morgan fingerprint density at radius 1 is 1.10 bits per heavy atom. The van der Waals surface area contributed by atoms with Crippen molar-refractivity contribution in [1.29, 1.82) is 0 Å². The van der Waals surface area contributed by atoms with Gasteiger partial charge in [0.05, 0.1) is 0 Å². The van der Waals surface area contributed by atoms with E-state index in [1.54, 1.807) is 0 Å². The minimum Gasteiger partial charge on any atom is -0.308 e. The molecule has 1 aromatic heterocycles. The second kappa shape index (κ2) is 5.11. The highest BCUT2D eigenvalue weighted by molar-refractivity contribution is 7.07. The van der Waals surface area contributed by atoms with Crippen molar-refractivity contribution in [3.05, 3.63) is 22.4 Å². The average molecular weight is 290 g/mol. The van der Waals surface area contributed by atoms with E-state index in [-0.39, 0.29) is 0 Å². The molecule has 2 aliphatic carbocycles. The van der Waals surface area contributed by atoms with Crippen LogP contribution in [0, 0.1) is 0 Å². The zero-order chi connectivity index (χ0) is 13.5. The van der Waals surface area contributed by atoms with Gasteiger partial charge in [-0.25, -0.2) is 0 Å². The van der Waals surface area contributed by atoms with Crippen molar-refractivity contribution >= 4 is 11.3 Å². The number of nitrogens with zero attached hydrogens (tertiary/aromatic N) is 1. The maximum atomic E-state index is 4.00. The van der Waals surface area contributed by atoms with E-state index >= 15 is 0 Å². The van der Waals surface area contributed by atoms with Crippen molar-refractivity contribution in [3.63, 3.8) is 0 Å². The summed E-state index contributed by atoms with van der Waals surface area (Å²) >= 11 is 1.84. The van der Waals surface area contributed by atoms with Crippen LogP contribution in [0.1, 0.15) is 56.9 Å². The van der Waals surface area contributed by atoms with Gasteiger partial charge in [0.2, 0.25) is 0 Å². The Labute approximate surface area is 126 Å². The number of hydrogen-bond donors (Lipinski definition) is 1. The molecular formula is C17H26N2S. The highest BCUT2D eigenvalue weighted by Gasteiger charge is 2.49. The Morgan fingerprint density at radius 2 is 1.85 bits per heavy atom. The van der Waals surface area contributed by atoms with E-state index in [9.17, 15) is 0 Å². The zero-order valence-electron chi connectivity index (χ0n) is 12.4. The van der Waals surface area contributed by atoms with Gasteiger partial charge in [0.1, 0.15) is 0 Å². The third kappa shape index (κ3) is 2.24. The molecule has 3 aliphatic rings. The molecule has 0 radical (unpaired) electrons. The lowest BCUT2D eigenvalue weighted by Gasteiger charge is -2.52. The molecule has 0 amide bonds. The molecule has 1 N–H and O–H groups in total. The smallest absolute Gasteiger partial charge is 0.0338 e. The fourth-order valence-corrected chi connectivity index (χ4v) is 5.45. The van der Waals surface area contributed by atoms with Gasteiger partial charge in [-0.3, -0.25) is 4.90 Å². The van der Waals surface area contributed by atoms with Crippen LogP contribution >= 0.6 is 11.3 Å². The third-order valence-electron chi connectivity index (χ3n) is 6.01. The zero-order valence-corrected chi connectivity index (χ0v) is 13.2. The van der Waals surface area contributed by atoms with Crippen molar-refractivity contribution < 1.29 is 0 Å². The number of hydrogen-bond acceptors (Lipinski definition) is 3. The number of rotatable bonds is 2. The maximum absolute atomic E-state index is 4.00. The van der Waals surface area contributed by atoms with Gasteiger partial charge in [-0.05, 0) is 48.1 Å². The summed E-state index contributed by atoms with van der Waals surface area (Å²) in [7, 11) is 0. The average Bonchev–Trinajstić information content (AvgIpc) is 3.18. The highest BCUT2D eigenvalue weighted by Crippen LogP contribution is 2.43. The minimum absolute atomic E-state index is 0.448. The molecule has 4 rings (SSSR count). The van der Waals surface area contributed by atoms with Crippen molar-refractivity contribution in [3.8, 4) is 0 Å². The van der Waals surface area contributed by atoms with Gasteiger partial charge in [-0.1, -0.05) is 25.7 Å². The topological polar surface area (TPSA) is 15.3 Å². The Kier molecular flexibility index (Phi) is 3.40. The number of nitrogens with one attached hydrogen (secondary N) is 1. The SMILES string of the molecule is c1cc(CN2CC3(CCCC3)NCC23CCCC3)cs1. The molecule has 3 heteroatoms. The largest absolute Gasteiger partial charge is 0.308 e. The quantitative estimate of drug-likeness (QED) is 0.892. The van der Waals surface area contributed by atoms with Crippen LogP contribution in [-0.2, 0) is 6.54 Å². The molecule has 1 aliphatic heterocycles. The van der Waals surface area contributed by atoms with Gasteiger partial charge in [-0.15, -0.1) is 0 Å². The third-order valence-corrected chi connectivity index (χ3v) is 6.74. The molecule has 2 nitrogen and oxygen atoms in total. The van der Waals surface area contributed by atoms with E-state index in [4.69, 9.17) is 0 Å². The molecule has 0 bridgehead atoms. The normalized spacial score (nSPS) is 28.6. The van der Waals surface area contributed by atoms with Crippen molar-refractivity contribution in [2.24, 2.45) is 0 Å². The molecule has 1 saturated heterocycles. The second-order valence-electron chi connectivity index (χ2n) is 7.26. The Balaban J connectivity index is 1.58. The van der Waals surface area contributed by atoms with E-state index < -0.39 is 0 Å². The monoisotopic (exact) mass is 290 g/mol. The van der Waals surface area contributed by atoms with Gasteiger partial charge >= 0.3 is 0 Å². The molecule has 2 spiro atoms. The summed E-state index contributed by atoms with van der Waals surface area (Å²) in [5.41, 5.74) is 2.44. The summed E-state index contributed by atoms with van der Waals surface area (Å²) in [5, 5.41) is 8.56. The van der Waals surface area contributed by atoms with Crippen molar-refractivity contribution in [2.75, 3.05) is 13.1 Å². The van der Waals surface area contributed by atoms with Crippen LogP contribution in [0.25, 0.3) is 0 Å². The van der Waals surface area contributed by atoms with E-state index in [0.717, 1.165) is 0 Å². The van der Waals surface area contributed by atoms with Crippen LogP contribution in [0.15, 0.2) is 16.8 Å². The molecular weight excluding hydrogens is 264 g/mol. The van der Waals surface area contributed by atoms with Crippen LogP contribution in [0.2, 0.25) is 0 Å². The Bertz CT molecular complexity index is 442. The van der Waals surface area contributed by atoms with Gasteiger partial charge in [0.15, 0.2) is 0 Å². The predicted octanol–water partition coefficient (Wildman–Crippen LogP) is 3.78. The Hall–Kier alpha value is -0.380. The van der Waals surface area contributed by atoms with Crippen molar-refractivity contribution in [1.82, 2.24) is 10.2 Å².